The van der Waals surface area contributed by atoms with Gasteiger partial charge in [-0.05, 0) is 32.9 Å². The second-order valence-corrected chi connectivity index (χ2v) is 6.15. The Kier molecular flexibility index (Phi) is 4.89. The van der Waals surface area contributed by atoms with Crippen LogP contribution in [0.1, 0.15) is 38.9 Å². The molecule has 2 aromatic carbocycles. The molecular formula is C21H19N3O2. The van der Waals surface area contributed by atoms with Gasteiger partial charge in [-0.1, -0.05) is 42.0 Å². The molecule has 3 aromatic rings. The fraction of sp³-hybridized carbons (Fsp3) is 0.143. The van der Waals surface area contributed by atoms with E-state index in [1.807, 2.05) is 31.2 Å². The number of carbonyl (C=O) groups is 2. The van der Waals surface area contributed by atoms with Crippen molar-refractivity contribution in [1.82, 2.24) is 9.97 Å². The van der Waals surface area contributed by atoms with Crippen molar-refractivity contribution in [3.63, 3.8) is 0 Å². The summed E-state index contributed by atoms with van der Waals surface area (Å²) in [7, 11) is 0. The number of ketones is 1. The van der Waals surface area contributed by atoms with E-state index in [2.05, 4.69) is 15.3 Å². The predicted molar refractivity (Wildman–Crippen MR) is 101 cm³/mol. The molecule has 0 saturated heterocycles. The fourth-order valence-corrected chi connectivity index (χ4v) is 2.55. The molecule has 1 heterocycles. The number of hydrogen-bond donors (Lipinski definition) is 1. The SMILES string of the molecule is CC(=O)c1cccc(NC(=O)c2cnc(-c3ccc(C)cc3)nc2C)c1. The molecule has 0 aliphatic carbocycles. The molecule has 0 spiro atoms. The Labute approximate surface area is 152 Å². The van der Waals surface area contributed by atoms with Crippen LogP contribution in [0.4, 0.5) is 5.69 Å². The molecule has 0 saturated carbocycles. The third kappa shape index (κ3) is 3.83. The summed E-state index contributed by atoms with van der Waals surface area (Å²) < 4.78 is 0. The van der Waals surface area contributed by atoms with Crippen LogP contribution in [-0.4, -0.2) is 21.7 Å². The van der Waals surface area contributed by atoms with Gasteiger partial charge in [0.15, 0.2) is 11.6 Å². The summed E-state index contributed by atoms with van der Waals surface area (Å²) in [4.78, 5) is 32.8. The highest BCUT2D eigenvalue weighted by molar-refractivity contribution is 6.05. The van der Waals surface area contributed by atoms with Gasteiger partial charge in [0.25, 0.3) is 5.91 Å². The first kappa shape index (κ1) is 17.5. The maximum Gasteiger partial charge on any atom is 0.259 e. The van der Waals surface area contributed by atoms with Crippen molar-refractivity contribution < 1.29 is 9.59 Å². The number of benzene rings is 2. The molecule has 0 atom stereocenters. The highest BCUT2D eigenvalue weighted by Gasteiger charge is 2.13. The van der Waals surface area contributed by atoms with Crippen LogP contribution in [0.15, 0.2) is 54.7 Å². The number of carbonyl (C=O) groups excluding carboxylic acids is 2. The number of amides is 1. The molecule has 1 N–H and O–H groups in total. The van der Waals surface area contributed by atoms with Crippen LogP contribution < -0.4 is 5.32 Å². The minimum Gasteiger partial charge on any atom is -0.322 e. The summed E-state index contributed by atoms with van der Waals surface area (Å²) in [5.74, 6) is 0.222. The first-order valence-electron chi connectivity index (χ1n) is 8.27. The van der Waals surface area contributed by atoms with Gasteiger partial charge in [-0.2, -0.15) is 0 Å². The van der Waals surface area contributed by atoms with E-state index in [4.69, 9.17) is 0 Å². The van der Waals surface area contributed by atoms with Gasteiger partial charge < -0.3 is 5.32 Å². The Balaban J connectivity index is 1.83. The molecule has 0 aliphatic heterocycles. The van der Waals surface area contributed by atoms with Gasteiger partial charge in [0, 0.05) is 23.0 Å². The zero-order valence-corrected chi connectivity index (χ0v) is 14.9. The van der Waals surface area contributed by atoms with Gasteiger partial charge in [0.2, 0.25) is 0 Å². The molecule has 0 aliphatic rings. The van der Waals surface area contributed by atoms with E-state index in [0.29, 0.717) is 28.3 Å². The zero-order valence-electron chi connectivity index (χ0n) is 14.9. The summed E-state index contributed by atoms with van der Waals surface area (Å²) in [6.07, 6.45) is 1.53. The van der Waals surface area contributed by atoms with E-state index in [-0.39, 0.29) is 11.7 Å². The molecule has 3 rings (SSSR count). The van der Waals surface area contributed by atoms with E-state index in [0.717, 1.165) is 11.1 Å². The maximum absolute atomic E-state index is 12.5. The maximum atomic E-state index is 12.5. The monoisotopic (exact) mass is 345 g/mol. The van der Waals surface area contributed by atoms with E-state index < -0.39 is 0 Å². The van der Waals surface area contributed by atoms with Crippen molar-refractivity contribution >= 4 is 17.4 Å². The smallest absolute Gasteiger partial charge is 0.259 e. The highest BCUT2D eigenvalue weighted by atomic mass is 16.1. The number of anilines is 1. The number of Topliss-reactive ketones (excluding diaryl/α,β-unsaturated/α-hetero) is 1. The van der Waals surface area contributed by atoms with E-state index in [1.54, 1.807) is 31.2 Å². The second kappa shape index (κ2) is 7.27. The standard InChI is InChI=1S/C21H19N3O2/c1-13-7-9-16(10-8-13)20-22-12-19(14(2)23-20)21(26)24-18-6-4-5-17(11-18)15(3)25/h4-12H,1-3H3,(H,24,26). The summed E-state index contributed by atoms with van der Waals surface area (Å²) in [5.41, 5.74) is 4.16. The lowest BCUT2D eigenvalue weighted by molar-refractivity contribution is 0.101. The van der Waals surface area contributed by atoms with Crippen LogP contribution in [-0.2, 0) is 0 Å². The van der Waals surface area contributed by atoms with Crippen LogP contribution in [0, 0.1) is 13.8 Å². The van der Waals surface area contributed by atoms with Crippen molar-refractivity contribution in [3.05, 3.63) is 77.1 Å². The molecule has 0 unspecified atom stereocenters. The van der Waals surface area contributed by atoms with Crippen LogP contribution in [0.2, 0.25) is 0 Å². The van der Waals surface area contributed by atoms with Crippen molar-refractivity contribution in [2.45, 2.75) is 20.8 Å². The van der Waals surface area contributed by atoms with Crippen LogP contribution in [0.25, 0.3) is 11.4 Å². The lowest BCUT2D eigenvalue weighted by atomic mass is 10.1. The van der Waals surface area contributed by atoms with E-state index in [9.17, 15) is 9.59 Å². The molecule has 5 nitrogen and oxygen atoms in total. The lowest BCUT2D eigenvalue weighted by Gasteiger charge is -2.09. The second-order valence-electron chi connectivity index (χ2n) is 6.15. The van der Waals surface area contributed by atoms with Gasteiger partial charge in [-0.25, -0.2) is 9.97 Å². The molecule has 1 aromatic heterocycles. The number of rotatable bonds is 4. The molecule has 130 valence electrons. The number of nitrogens with one attached hydrogen (secondary N) is 1. The van der Waals surface area contributed by atoms with Crippen LogP contribution in [0.3, 0.4) is 0 Å². The summed E-state index contributed by atoms with van der Waals surface area (Å²) in [6, 6.07) is 14.7. The lowest BCUT2D eigenvalue weighted by Crippen LogP contribution is -2.15. The van der Waals surface area contributed by atoms with Crippen molar-refractivity contribution in [3.8, 4) is 11.4 Å². The molecule has 0 bridgehead atoms. The largest absolute Gasteiger partial charge is 0.322 e. The Bertz CT molecular complexity index is 979. The Morgan fingerprint density at radius 2 is 1.73 bits per heavy atom. The highest BCUT2D eigenvalue weighted by Crippen LogP contribution is 2.18. The summed E-state index contributed by atoms with van der Waals surface area (Å²) >= 11 is 0. The number of aryl methyl sites for hydroxylation is 2. The average molecular weight is 345 g/mol. The van der Waals surface area contributed by atoms with Gasteiger partial charge in [0.05, 0.1) is 11.3 Å². The molecule has 5 heteroatoms. The Morgan fingerprint density at radius 1 is 1.00 bits per heavy atom. The normalized spacial score (nSPS) is 10.4. The summed E-state index contributed by atoms with van der Waals surface area (Å²) in [5, 5.41) is 2.79. The molecular weight excluding hydrogens is 326 g/mol. The number of nitrogens with zero attached hydrogens (tertiary/aromatic N) is 2. The molecule has 1 amide bonds. The van der Waals surface area contributed by atoms with E-state index >= 15 is 0 Å². The topological polar surface area (TPSA) is 72.0 Å². The third-order valence-electron chi connectivity index (χ3n) is 4.06. The number of hydrogen-bond acceptors (Lipinski definition) is 4. The fourth-order valence-electron chi connectivity index (χ4n) is 2.55. The Hall–Kier alpha value is -3.34. The quantitative estimate of drug-likeness (QED) is 0.719. The number of aromatic nitrogens is 2. The molecule has 0 fully saturated rings. The van der Waals surface area contributed by atoms with Gasteiger partial charge in [-0.3, -0.25) is 9.59 Å². The minimum absolute atomic E-state index is 0.0527. The van der Waals surface area contributed by atoms with Crippen LogP contribution in [0.5, 0.6) is 0 Å². The van der Waals surface area contributed by atoms with Crippen LogP contribution >= 0.6 is 0 Å². The average Bonchev–Trinajstić information content (AvgIpc) is 2.62. The zero-order chi connectivity index (χ0) is 18.7. The van der Waals surface area contributed by atoms with E-state index in [1.165, 1.54) is 13.1 Å². The molecule has 0 radical (unpaired) electrons. The van der Waals surface area contributed by atoms with Gasteiger partial charge in [0.1, 0.15) is 0 Å². The third-order valence-corrected chi connectivity index (χ3v) is 4.06. The van der Waals surface area contributed by atoms with Crippen molar-refractivity contribution in [2.24, 2.45) is 0 Å². The first-order valence-corrected chi connectivity index (χ1v) is 8.27. The van der Waals surface area contributed by atoms with Gasteiger partial charge >= 0.3 is 0 Å². The molecule has 26 heavy (non-hydrogen) atoms. The Morgan fingerprint density at radius 3 is 2.38 bits per heavy atom. The van der Waals surface area contributed by atoms with Crippen molar-refractivity contribution in [2.75, 3.05) is 5.32 Å². The predicted octanol–water partition coefficient (Wildman–Crippen LogP) is 4.22. The first-order chi connectivity index (χ1) is 12.4. The minimum atomic E-state index is -0.307. The van der Waals surface area contributed by atoms with Gasteiger partial charge in [-0.15, -0.1) is 0 Å². The van der Waals surface area contributed by atoms with Crippen molar-refractivity contribution in [1.29, 1.82) is 0 Å². The summed E-state index contributed by atoms with van der Waals surface area (Å²) in [6.45, 7) is 5.29.